The number of carbonyl (C=O) groups is 2. The van der Waals surface area contributed by atoms with Gasteiger partial charge in [-0.15, -0.1) is 0 Å². The van der Waals surface area contributed by atoms with Gasteiger partial charge in [0.25, 0.3) is 5.56 Å². The van der Waals surface area contributed by atoms with E-state index < -0.39 is 28.3 Å². The predicted molar refractivity (Wildman–Crippen MR) is 87.0 cm³/mol. The van der Waals surface area contributed by atoms with E-state index >= 15 is 0 Å². The van der Waals surface area contributed by atoms with E-state index in [9.17, 15) is 24.3 Å². The van der Waals surface area contributed by atoms with Crippen LogP contribution in [0.1, 0.15) is 29.6 Å². The van der Waals surface area contributed by atoms with E-state index in [4.69, 9.17) is 5.11 Å². The summed E-state index contributed by atoms with van der Waals surface area (Å²) in [5.41, 5.74) is -2.57. The molecule has 0 aliphatic carbocycles. The molecule has 2 N–H and O–H groups in total. The van der Waals surface area contributed by atoms with Crippen molar-refractivity contribution in [3.05, 3.63) is 44.7 Å². The second-order valence-electron chi connectivity index (χ2n) is 5.92. The molecule has 9 nitrogen and oxygen atoms in total. The molecule has 1 aliphatic heterocycles. The third-order valence-corrected chi connectivity index (χ3v) is 4.31. The maximum absolute atomic E-state index is 12.5. The molecule has 1 amide bonds. The van der Waals surface area contributed by atoms with E-state index in [-0.39, 0.29) is 11.4 Å². The number of rotatable bonds is 5. The van der Waals surface area contributed by atoms with Gasteiger partial charge >= 0.3 is 5.97 Å². The number of carboxylic acids is 1. The number of amides is 1. The molecule has 25 heavy (non-hydrogen) atoms. The van der Waals surface area contributed by atoms with Gasteiger partial charge in [-0.25, -0.2) is 4.79 Å². The molecule has 2 aromatic heterocycles. The number of aryl methyl sites for hydroxylation is 1. The zero-order valence-electron chi connectivity index (χ0n) is 13.3. The monoisotopic (exact) mass is 347 g/mol. The Kier molecular flexibility index (Phi) is 4.30. The van der Waals surface area contributed by atoms with Crippen LogP contribution in [-0.4, -0.2) is 49.0 Å². The SMILES string of the molecule is O=C(O)c1cn2ccn(CCCN3CCCC3=O)c(=O)c2c(O)c1=O. The first-order chi connectivity index (χ1) is 11.9. The largest absolute Gasteiger partial charge is 0.503 e. The number of aromatic carboxylic acids is 1. The maximum Gasteiger partial charge on any atom is 0.341 e. The van der Waals surface area contributed by atoms with E-state index in [1.54, 1.807) is 4.90 Å². The van der Waals surface area contributed by atoms with Crippen LogP contribution in [0.4, 0.5) is 0 Å². The Labute approximate surface area is 141 Å². The van der Waals surface area contributed by atoms with Crippen LogP contribution in [0.15, 0.2) is 28.2 Å². The number of fused-ring (bicyclic) bond motifs is 1. The number of carboxylic acid groups (broad SMARTS) is 1. The lowest BCUT2D eigenvalue weighted by Gasteiger charge is -2.16. The predicted octanol–water partition coefficient (Wildman–Crippen LogP) is -0.122. The summed E-state index contributed by atoms with van der Waals surface area (Å²) in [4.78, 5) is 48.7. The fourth-order valence-electron chi connectivity index (χ4n) is 3.01. The van der Waals surface area contributed by atoms with E-state index in [2.05, 4.69) is 0 Å². The first-order valence-corrected chi connectivity index (χ1v) is 7.88. The molecule has 0 aromatic carbocycles. The number of nitrogens with zero attached hydrogens (tertiary/aromatic N) is 3. The molecule has 3 heterocycles. The van der Waals surface area contributed by atoms with Gasteiger partial charge in [-0.05, 0) is 12.8 Å². The highest BCUT2D eigenvalue weighted by molar-refractivity contribution is 5.88. The topological polar surface area (TPSA) is 121 Å². The van der Waals surface area contributed by atoms with E-state index in [1.165, 1.54) is 17.0 Å². The van der Waals surface area contributed by atoms with Crippen molar-refractivity contribution in [1.29, 1.82) is 0 Å². The number of hydrogen-bond donors (Lipinski definition) is 2. The van der Waals surface area contributed by atoms with Crippen LogP contribution in [0.2, 0.25) is 0 Å². The minimum atomic E-state index is -1.48. The molecular weight excluding hydrogens is 330 g/mol. The molecule has 0 bridgehead atoms. The molecule has 0 saturated carbocycles. The summed E-state index contributed by atoms with van der Waals surface area (Å²) in [7, 11) is 0. The van der Waals surface area contributed by atoms with E-state index in [0.29, 0.717) is 25.9 Å². The molecule has 2 aromatic rings. The molecule has 0 radical (unpaired) electrons. The molecule has 1 fully saturated rings. The molecule has 1 aliphatic rings. The van der Waals surface area contributed by atoms with Crippen LogP contribution in [0, 0.1) is 0 Å². The van der Waals surface area contributed by atoms with E-state index in [1.807, 2.05) is 0 Å². The van der Waals surface area contributed by atoms with Crippen molar-refractivity contribution in [3.63, 3.8) is 0 Å². The number of hydrogen-bond acceptors (Lipinski definition) is 5. The molecule has 0 spiro atoms. The van der Waals surface area contributed by atoms with Crippen molar-refractivity contribution in [2.75, 3.05) is 13.1 Å². The van der Waals surface area contributed by atoms with Crippen molar-refractivity contribution >= 4 is 17.4 Å². The van der Waals surface area contributed by atoms with Gasteiger partial charge in [0.1, 0.15) is 5.56 Å². The lowest BCUT2D eigenvalue weighted by molar-refractivity contribution is -0.127. The number of likely N-dealkylation sites (tertiary alicyclic amines) is 1. The van der Waals surface area contributed by atoms with Crippen molar-refractivity contribution in [2.24, 2.45) is 0 Å². The van der Waals surface area contributed by atoms with Crippen molar-refractivity contribution < 1.29 is 19.8 Å². The highest BCUT2D eigenvalue weighted by atomic mass is 16.4. The first kappa shape index (κ1) is 16.7. The Morgan fingerprint density at radius 1 is 1.16 bits per heavy atom. The second-order valence-corrected chi connectivity index (χ2v) is 5.92. The first-order valence-electron chi connectivity index (χ1n) is 7.88. The van der Waals surface area contributed by atoms with Crippen LogP contribution in [0.5, 0.6) is 5.75 Å². The minimum absolute atomic E-state index is 0.108. The minimum Gasteiger partial charge on any atom is -0.503 e. The quantitative estimate of drug-likeness (QED) is 0.777. The van der Waals surface area contributed by atoms with Crippen LogP contribution < -0.4 is 11.0 Å². The highest BCUT2D eigenvalue weighted by Crippen LogP contribution is 2.12. The average molecular weight is 347 g/mol. The second kappa shape index (κ2) is 6.42. The van der Waals surface area contributed by atoms with E-state index in [0.717, 1.165) is 23.6 Å². The van der Waals surface area contributed by atoms with Gasteiger partial charge in [0.15, 0.2) is 11.3 Å². The zero-order chi connectivity index (χ0) is 18.1. The number of carbonyl (C=O) groups excluding carboxylic acids is 1. The lowest BCUT2D eigenvalue weighted by atomic mass is 10.2. The summed E-state index contributed by atoms with van der Waals surface area (Å²) in [5.74, 6) is -2.25. The summed E-state index contributed by atoms with van der Waals surface area (Å²) in [6, 6.07) is 0. The Morgan fingerprint density at radius 2 is 1.92 bits per heavy atom. The van der Waals surface area contributed by atoms with Gasteiger partial charge in [-0.3, -0.25) is 14.4 Å². The van der Waals surface area contributed by atoms with Crippen LogP contribution >= 0.6 is 0 Å². The molecule has 0 unspecified atom stereocenters. The molecule has 3 rings (SSSR count). The van der Waals surface area contributed by atoms with Crippen LogP contribution in [0.3, 0.4) is 0 Å². The summed E-state index contributed by atoms with van der Waals surface area (Å²) < 4.78 is 2.46. The molecular formula is C16H17N3O6. The molecule has 132 valence electrons. The molecule has 0 atom stereocenters. The van der Waals surface area contributed by atoms with Gasteiger partial charge in [0.2, 0.25) is 11.3 Å². The van der Waals surface area contributed by atoms with Crippen molar-refractivity contribution in [1.82, 2.24) is 13.9 Å². The normalized spacial score (nSPS) is 14.4. The summed E-state index contributed by atoms with van der Waals surface area (Å²) >= 11 is 0. The van der Waals surface area contributed by atoms with Gasteiger partial charge in [-0.1, -0.05) is 0 Å². The standard InChI is InChI=1S/C16H17N3O6/c20-11-3-1-4-17(11)5-2-6-18-7-8-19-9-10(16(24)25)13(21)14(22)12(19)15(18)23/h7-9,22H,1-6H2,(H,24,25). The van der Waals surface area contributed by atoms with Gasteiger partial charge < -0.3 is 24.1 Å². The third kappa shape index (κ3) is 3.00. The van der Waals surface area contributed by atoms with Crippen molar-refractivity contribution in [3.8, 4) is 5.75 Å². The van der Waals surface area contributed by atoms with Gasteiger partial charge in [0, 0.05) is 44.6 Å². The lowest BCUT2D eigenvalue weighted by Crippen LogP contribution is -2.29. The smallest absolute Gasteiger partial charge is 0.341 e. The number of pyridine rings is 1. The molecule has 9 heteroatoms. The average Bonchev–Trinajstić information content (AvgIpc) is 2.97. The summed E-state index contributed by atoms with van der Waals surface area (Å²) in [6.07, 6.45) is 5.82. The van der Waals surface area contributed by atoms with Crippen LogP contribution in [0.25, 0.3) is 5.52 Å². The Balaban J connectivity index is 1.89. The third-order valence-electron chi connectivity index (χ3n) is 4.31. The van der Waals surface area contributed by atoms with Crippen LogP contribution in [-0.2, 0) is 11.3 Å². The highest BCUT2D eigenvalue weighted by Gasteiger charge is 2.20. The van der Waals surface area contributed by atoms with Gasteiger partial charge in [-0.2, -0.15) is 0 Å². The Hall–Kier alpha value is -3.10. The zero-order valence-corrected chi connectivity index (χ0v) is 13.3. The number of aromatic nitrogens is 2. The fraction of sp³-hybridized carbons (Fsp3) is 0.375. The number of aromatic hydroxyl groups is 1. The summed E-state index contributed by atoms with van der Waals surface area (Å²) in [5, 5.41) is 18.9. The maximum atomic E-state index is 12.5. The Morgan fingerprint density at radius 3 is 2.56 bits per heavy atom. The van der Waals surface area contributed by atoms with Gasteiger partial charge in [0.05, 0.1) is 0 Å². The summed E-state index contributed by atoms with van der Waals surface area (Å²) in [6.45, 7) is 1.57. The molecule has 1 saturated heterocycles. The Bertz CT molecular complexity index is 974. The van der Waals surface area contributed by atoms with Crippen molar-refractivity contribution in [2.45, 2.75) is 25.8 Å². The fourth-order valence-corrected chi connectivity index (χ4v) is 3.01.